The number of hydrogen-bond acceptors (Lipinski definition) is 6. The predicted molar refractivity (Wildman–Crippen MR) is 149 cm³/mol. The number of nitrogens with zero attached hydrogens (tertiary/aromatic N) is 2. The summed E-state index contributed by atoms with van der Waals surface area (Å²) < 4.78 is 4.94. The highest BCUT2D eigenvalue weighted by atomic mass is 16.5. The summed E-state index contributed by atoms with van der Waals surface area (Å²) in [6.07, 6.45) is 0.724. The van der Waals surface area contributed by atoms with Crippen LogP contribution in [0.15, 0.2) is 66.7 Å². The van der Waals surface area contributed by atoms with Gasteiger partial charge in [-0.2, -0.15) is 0 Å². The number of aryl methyl sites for hydroxylation is 1. The average Bonchev–Trinajstić information content (AvgIpc) is 3.43. The molecule has 2 aliphatic rings. The maximum absolute atomic E-state index is 13.5. The number of ether oxygens (including phenoxy) is 1. The van der Waals surface area contributed by atoms with Gasteiger partial charge in [0, 0.05) is 24.0 Å². The summed E-state index contributed by atoms with van der Waals surface area (Å²) in [5, 5.41) is 3.64. The number of rotatable bonds is 6. The van der Waals surface area contributed by atoms with E-state index in [1.165, 1.54) is 12.0 Å². The lowest BCUT2D eigenvalue weighted by molar-refractivity contribution is -0.118. The molecule has 1 aromatic heterocycles. The fraction of sp³-hybridized carbons (Fsp3) is 0.226. The molecular weight excluding hydrogens is 508 g/mol. The Labute approximate surface area is 230 Å². The molecule has 9 nitrogen and oxygen atoms in total. The first-order chi connectivity index (χ1) is 19.4. The van der Waals surface area contributed by atoms with Gasteiger partial charge < -0.3 is 15.0 Å². The maximum atomic E-state index is 13.5. The molecule has 4 aromatic rings. The number of carbonyl (C=O) groups is 4. The molecule has 0 radical (unpaired) electrons. The third kappa shape index (κ3) is 4.34. The number of aromatic amines is 1. The van der Waals surface area contributed by atoms with Gasteiger partial charge in [-0.1, -0.05) is 48.0 Å². The van der Waals surface area contributed by atoms with Crippen LogP contribution in [0, 0.1) is 6.92 Å². The van der Waals surface area contributed by atoms with Gasteiger partial charge in [0.25, 0.3) is 11.8 Å². The van der Waals surface area contributed by atoms with Gasteiger partial charge in [0.05, 0.1) is 36.5 Å². The third-order valence-electron chi connectivity index (χ3n) is 7.71. The molecule has 6 rings (SSSR count). The molecule has 2 N–H and O–H groups in total. The number of imide groups is 1. The highest BCUT2D eigenvalue weighted by molar-refractivity contribution is 6.21. The van der Waals surface area contributed by atoms with Crippen LogP contribution in [0.25, 0.3) is 10.9 Å². The van der Waals surface area contributed by atoms with Crippen LogP contribution in [0.5, 0.6) is 0 Å². The number of aromatic nitrogens is 1. The molecule has 2 aliphatic heterocycles. The van der Waals surface area contributed by atoms with E-state index in [1.54, 1.807) is 24.3 Å². The van der Waals surface area contributed by atoms with Crippen LogP contribution in [0.1, 0.15) is 53.9 Å². The molecule has 3 amide bonds. The van der Waals surface area contributed by atoms with Crippen LogP contribution >= 0.6 is 0 Å². The molecule has 0 bridgehead atoms. The van der Waals surface area contributed by atoms with E-state index in [1.807, 2.05) is 54.3 Å². The topological polar surface area (TPSA) is 112 Å². The number of hydrogen-bond donors (Lipinski definition) is 2. The molecule has 40 heavy (non-hydrogen) atoms. The number of carbonyl (C=O) groups excluding carboxylic acids is 4. The summed E-state index contributed by atoms with van der Waals surface area (Å²) >= 11 is 0. The van der Waals surface area contributed by atoms with E-state index < -0.39 is 5.97 Å². The van der Waals surface area contributed by atoms with E-state index in [2.05, 4.69) is 10.3 Å². The maximum Gasteiger partial charge on any atom is 0.356 e. The Morgan fingerprint density at radius 3 is 2.42 bits per heavy atom. The number of H-pyrrole nitrogens is 1. The smallest absolute Gasteiger partial charge is 0.356 e. The molecule has 0 saturated heterocycles. The van der Waals surface area contributed by atoms with Gasteiger partial charge in [-0.15, -0.1) is 0 Å². The summed E-state index contributed by atoms with van der Waals surface area (Å²) in [6, 6.07) is 20.0. The average molecular weight is 537 g/mol. The van der Waals surface area contributed by atoms with Crippen LogP contribution in [-0.2, 0) is 16.0 Å². The Balaban J connectivity index is 1.29. The van der Waals surface area contributed by atoms with Crippen LogP contribution < -0.4 is 5.32 Å². The molecule has 3 aromatic carbocycles. The second-order valence-corrected chi connectivity index (χ2v) is 10.2. The first-order valence-corrected chi connectivity index (χ1v) is 13.1. The molecule has 9 heteroatoms. The van der Waals surface area contributed by atoms with E-state index in [9.17, 15) is 19.2 Å². The second kappa shape index (κ2) is 10.1. The minimum Gasteiger partial charge on any atom is -0.464 e. The summed E-state index contributed by atoms with van der Waals surface area (Å²) in [5.41, 5.74) is 5.12. The number of esters is 1. The summed E-state index contributed by atoms with van der Waals surface area (Å²) in [6.45, 7) is 2.62. The Morgan fingerprint density at radius 1 is 1.00 bits per heavy atom. The lowest BCUT2D eigenvalue weighted by Gasteiger charge is -2.38. The number of methoxy groups -OCH3 is 1. The quantitative estimate of drug-likeness (QED) is 0.284. The summed E-state index contributed by atoms with van der Waals surface area (Å²) in [4.78, 5) is 58.7. The second-order valence-electron chi connectivity index (χ2n) is 10.2. The Morgan fingerprint density at radius 2 is 1.70 bits per heavy atom. The van der Waals surface area contributed by atoms with Gasteiger partial charge >= 0.3 is 5.97 Å². The van der Waals surface area contributed by atoms with Crippen LogP contribution in [0.3, 0.4) is 0 Å². The predicted octanol–water partition coefficient (Wildman–Crippen LogP) is 4.10. The van der Waals surface area contributed by atoms with Gasteiger partial charge in [-0.3, -0.25) is 24.2 Å². The number of benzene rings is 3. The van der Waals surface area contributed by atoms with Crippen molar-refractivity contribution < 1.29 is 23.9 Å². The zero-order valence-electron chi connectivity index (χ0n) is 22.2. The molecule has 1 atom stereocenters. The standard InChI is InChI=1S/C31H28N4O5/c1-18-11-12-24-23(15-18)27(28(32-24)31(39)40-2)33-26(36)17-34-14-13-19-7-3-4-8-20(19)25(34)16-35-29(37)21-9-5-6-10-22(21)30(35)38/h3-12,15,25,32H,13-14,16-17H2,1-2H3,(H,33,36)/t25-/m0/s1. The first-order valence-electron chi connectivity index (χ1n) is 13.1. The van der Waals surface area contributed by atoms with Crippen molar-refractivity contribution in [3.05, 3.63) is 100 Å². The molecule has 0 aliphatic carbocycles. The van der Waals surface area contributed by atoms with Gasteiger partial charge in [-0.05, 0) is 48.7 Å². The first kappa shape index (κ1) is 25.5. The van der Waals surface area contributed by atoms with Crippen LogP contribution in [0.2, 0.25) is 0 Å². The molecule has 202 valence electrons. The van der Waals surface area contributed by atoms with E-state index in [0.717, 1.165) is 23.1 Å². The summed E-state index contributed by atoms with van der Waals surface area (Å²) in [5.74, 6) is -1.56. The molecular formula is C31H28N4O5. The fourth-order valence-corrected chi connectivity index (χ4v) is 5.74. The monoisotopic (exact) mass is 536 g/mol. The molecule has 0 saturated carbocycles. The Hall–Kier alpha value is -4.76. The Kier molecular flexibility index (Phi) is 6.43. The van der Waals surface area contributed by atoms with Gasteiger partial charge in [0.2, 0.25) is 5.91 Å². The van der Waals surface area contributed by atoms with Crippen molar-refractivity contribution in [3.8, 4) is 0 Å². The van der Waals surface area contributed by atoms with E-state index >= 15 is 0 Å². The number of anilines is 1. The van der Waals surface area contributed by atoms with Crippen LogP contribution in [-0.4, -0.2) is 65.2 Å². The highest BCUT2D eigenvalue weighted by Gasteiger charge is 2.39. The number of amides is 3. The SMILES string of the molecule is COC(=O)c1[nH]c2ccc(C)cc2c1NC(=O)CN1CCc2ccccc2[C@@H]1CN1C(=O)c2ccccc2C1=O. The molecule has 0 fully saturated rings. The largest absolute Gasteiger partial charge is 0.464 e. The zero-order chi connectivity index (χ0) is 28.0. The minimum absolute atomic E-state index is 0.00126. The lowest BCUT2D eigenvalue weighted by Crippen LogP contribution is -2.46. The van der Waals surface area contributed by atoms with Crippen molar-refractivity contribution in [2.45, 2.75) is 19.4 Å². The molecule has 3 heterocycles. The van der Waals surface area contributed by atoms with Crippen molar-refractivity contribution >= 4 is 40.3 Å². The van der Waals surface area contributed by atoms with Gasteiger partial charge in [0.15, 0.2) is 0 Å². The lowest BCUT2D eigenvalue weighted by atomic mass is 9.92. The van der Waals surface area contributed by atoms with E-state index in [4.69, 9.17) is 4.74 Å². The molecule has 0 unspecified atom stereocenters. The van der Waals surface area contributed by atoms with E-state index in [0.29, 0.717) is 34.3 Å². The van der Waals surface area contributed by atoms with Crippen molar-refractivity contribution in [1.82, 2.24) is 14.8 Å². The summed E-state index contributed by atoms with van der Waals surface area (Å²) in [7, 11) is 1.29. The number of nitrogens with one attached hydrogen (secondary N) is 2. The van der Waals surface area contributed by atoms with Gasteiger partial charge in [-0.25, -0.2) is 4.79 Å². The highest BCUT2D eigenvalue weighted by Crippen LogP contribution is 2.34. The van der Waals surface area contributed by atoms with Gasteiger partial charge in [0.1, 0.15) is 5.69 Å². The van der Waals surface area contributed by atoms with Crippen molar-refractivity contribution in [2.75, 3.05) is 32.1 Å². The Bertz CT molecular complexity index is 1660. The van der Waals surface area contributed by atoms with Crippen molar-refractivity contribution in [2.24, 2.45) is 0 Å². The third-order valence-corrected chi connectivity index (χ3v) is 7.71. The van der Waals surface area contributed by atoms with Crippen LogP contribution in [0.4, 0.5) is 5.69 Å². The van der Waals surface area contributed by atoms with E-state index in [-0.39, 0.29) is 42.5 Å². The normalized spacial score (nSPS) is 16.6. The fourth-order valence-electron chi connectivity index (χ4n) is 5.74. The van der Waals surface area contributed by atoms with Crippen molar-refractivity contribution in [1.29, 1.82) is 0 Å². The molecule has 0 spiro atoms. The number of fused-ring (bicyclic) bond motifs is 3. The minimum atomic E-state index is -0.584. The van der Waals surface area contributed by atoms with Crippen molar-refractivity contribution in [3.63, 3.8) is 0 Å². The zero-order valence-corrected chi connectivity index (χ0v) is 22.2.